The van der Waals surface area contributed by atoms with Crippen LogP contribution in [0.5, 0.6) is 0 Å². The molecule has 0 radical (unpaired) electrons. The van der Waals surface area contributed by atoms with Crippen molar-refractivity contribution >= 4 is 16.0 Å². The molecule has 0 aliphatic heterocycles. The van der Waals surface area contributed by atoms with E-state index in [4.69, 9.17) is 5.11 Å². The molecule has 0 aliphatic rings. The van der Waals surface area contributed by atoms with E-state index in [0.29, 0.717) is 12.8 Å². The second kappa shape index (κ2) is 23.7. The zero-order valence-corrected chi connectivity index (χ0v) is 24.2. The lowest BCUT2D eigenvalue weighted by molar-refractivity contribution is -0.137. The van der Waals surface area contributed by atoms with Gasteiger partial charge in [0.05, 0.1) is 12.2 Å². The van der Waals surface area contributed by atoms with Crippen LogP contribution in [0.15, 0.2) is 0 Å². The molecular formula is C28H58N2O4S. The van der Waals surface area contributed by atoms with Crippen LogP contribution in [-0.4, -0.2) is 56.8 Å². The molecule has 0 saturated carbocycles. The molecule has 0 aliphatic carbocycles. The number of sulfonamides is 1. The van der Waals surface area contributed by atoms with Crippen LogP contribution in [0, 0.1) is 0 Å². The van der Waals surface area contributed by atoms with Crippen LogP contribution in [0.25, 0.3) is 0 Å². The lowest BCUT2D eigenvalue weighted by atomic mass is 10.0. The van der Waals surface area contributed by atoms with Crippen LogP contribution in [0.2, 0.25) is 0 Å². The predicted octanol–water partition coefficient (Wildman–Crippen LogP) is 7.13. The van der Waals surface area contributed by atoms with Gasteiger partial charge in [-0.25, -0.2) is 13.1 Å². The minimum atomic E-state index is -3.42. The van der Waals surface area contributed by atoms with Gasteiger partial charge in [0.25, 0.3) is 0 Å². The molecule has 0 bridgehead atoms. The van der Waals surface area contributed by atoms with Gasteiger partial charge in [0, 0.05) is 6.04 Å². The van der Waals surface area contributed by atoms with E-state index in [0.717, 1.165) is 32.1 Å². The van der Waals surface area contributed by atoms with Gasteiger partial charge in [0.1, 0.15) is 0 Å². The van der Waals surface area contributed by atoms with Crippen molar-refractivity contribution in [3.05, 3.63) is 0 Å². The molecule has 2 N–H and O–H groups in total. The van der Waals surface area contributed by atoms with Crippen molar-refractivity contribution in [3.63, 3.8) is 0 Å². The zero-order chi connectivity index (χ0) is 26.2. The molecule has 0 fully saturated rings. The van der Waals surface area contributed by atoms with Crippen molar-refractivity contribution in [1.29, 1.82) is 0 Å². The number of unbranched alkanes of at least 4 members (excludes halogenated alkanes) is 17. The van der Waals surface area contributed by atoms with Crippen molar-refractivity contribution in [2.24, 2.45) is 0 Å². The van der Waals surface area contributed by atoms with Gasteiger partial charge in [0.15, 0.2) is 0 Å². The van der Waals surface area contributed by atoms with E-state index in [1.54, 1.807) is 0 Å². The van der Waals surface area contributed by atoms with E-state index >= 15 is 0 Å². The molecule has 35 heavy (non-hydrogen) atoms. The number of carboxylic acid groups (broad SMARTS) is 1. The van der Waals surface area contributed by atoms with Crippen molar-refractivity contribution in [3.8, 4) is 0 Å². The van der Waals surface area contributed by atoms with E-state index in [2.05, 4.69) is 30.6 Å². The molecule has 1 unspecified atom stereocenters. The zero-order valence-electron chi connectivity index (χ0n) is 23.4. The maximum atomic E-state index is 12.5. The van der Waals surface area contributed by atoms with Gasteiger partial charge in [-0.1, -0.05) is 116 Å². The van der Waals surface area contributed by atoms with Crippen LogP contribution in [-0.2, 0) is 14.8 Å². The number of aliphatic carboxylic acids is 1. The lowest BCUT2D eigenvalue weighted by Crippen LogP contribution is -2.37. The van der Waals surface area contributed by atoms with Crippen molar-refractivity contribution in [2.45, 2.75) is 148 Å². The summed E-state index contributed by atoms with van der Waals surface area (Å²) in [4.78, 5) is 13.4. The highest BCUT2D eigenvalue weighted by molar-refractivity contribution is 7.89. The van der Waals surface area contributed by atoms with Gasteiger partial charge in [-0.3, -0.25) is 4.79 Å². The quantitative estimate of drug-likeness (QED) is 0.113. The standard InChI is InChI=1S/C28H58N2O4S/c1-4-5-6-7-14-17-20-23-27(26-28(31)32)29-35(33,34)25-22-19-16-13-11-9-8-10-12-15-18-21-24-30(2)3/h27,29H,4-26H2,1-3H3,(H,31,32). The SMILES string of the molecule is CCCCCCCCCC(CC(=O)O)NS(=O)(=O)CCCCCCCCCCCCCCN(C)C. The number of carboxylic acids is 1. The number of hydrogen-bond donors (Lipinski definition) is 2. The monoisotopic (exact) mass is 518 g/mol. The fourth-order valence-corrected chi connectivity index (χ4v) is 5.97. The van der Waals surface area contributed by atoms with Gasteiger partial charge in [-0.05, 0) is 39.9 Å². The molecule has 0 saturated heterocycles. The molecular weight excluding hydrogens is 460 g/mol. The van der Waals surface area contributed by atoms with Crippen molar-refractivity contribution < 1.29 is 18.3 Å². The highest BCUT2D eigenvalue weighted by atomic mass is 32.2. The van der Waals surface area contributed by atoms with E-state index in [1.165, 1.54) is 90.0 Å². The van der Waals surface area contributed by atoms with Crippen LogP contribution in [0.1, 0.15) is 142 Å². The second-order valence-electron chi connectivity index (χ2n) is 10.7. The van der Waals surface area contributed by atoms with Gasteiger partial charge < -0.3 is 10.0 Å². The van der Waals surface area contributed by atoms with E-state index in [9.17, 15) is 13.2 Å². The molecule has 6 nitrogen and oxygen atoms in total. The first-order valence-electron chi connectivity index (χ1n) is 14.6. The van der Waals surface area contributed by atoms with Crippen LogP contribution < -0.4 is 4.72 Å². The Balaban J connectivity index is 3.80. The average Bonchev–Trinajstić information content (AvgIpc) is 2.77. The van der Waals surface area contributed by atoms with Crippen LogP contribution in [0.3, 0.4) is 0 Å². The molecule has 210 valence electrons. The molecule has 0 amide bonds. The fraction of sp³-hybridized carbons (Fsp3) is 0.964. The summed E-state index contributed by atoms with van der Waals surface area (Å²) in [7, 11) is 0.846. The van der Waals surface area contributed by atoms with Crippen LogP contribution >= 0.6 is 0 Å². The summed E-state index contributed by atoms with van der Waals surface area (Å²) < 4.78 is 27.6. The summed E-state index contributed by atoms with van der Waals surface area (Å²) in [5, 5.41) is 9.16. The Hall–Kier alpha value is -0.660. The summed E-state index contributed by atoms with van der Waals surface area (Å²) in [5.41, 5.74) is 0. The molecule has 0 spiro atoms. The lowest BCUT2D eigenvalue weighted by Gasteiger charge is -2.17. The predicted molar refractivity (Wildman–Crippen MR) is 150 cm³/mol. The Morgan fingerprint density at radius 2 is 1.14 bits per heavy atom. The second-order valence-corrected chi connectivity index (χ2v) is 12.6. The first kappa shape index (κ1) is 34.3. The summed E-state index contributed by atoms with van der Waals surface area (Å²) in [6.45, 7) is 3.39. The minimum Gasteiger partial charge on any atom is -0.481 e. The average molecular weight is 519 g/mol. The molecule has 7 heteroatoms. The molecule has 0 heterocycles. The fourth-order valence-electron chi connectivity index (χ4n) is 4.56. The number of nitrogens with zero attached hydrogens (tertiary/aromatic N) is 1. The normalized spacial score (nSPS) is 12.9. The first-order valence-corrected chi connectivity index (χ1v) is 16.3. The van der Waals surface area contributed by atoms with Gasteiger partial charge in [-0.15, -0.1) is 0 Å². The topological polar surface area (TPSA) is 86.7 Å². The smallest absolute Gasteiger partial charge is 0.304 e. The van der Waals surface area contributed by atoms with Crippen LogP contribution in [0.4, 0.5) is 0 Å². The summed E-state index contributed by atoms with van der Waals surface area (Å²) in [5.74, 6) is -0.835. The van der Waals surface area contributed by atoms with Gasteiger partial charge in [-0.2, -0.15) is 0 Å². The van der Waals surface area contributed by atoms with Gasteiger partial charge >= 0.3 is 5.97 Å². The molecule has 0 rings (SSSR count). The Bertz CT molecular complexity index is 582. The first-order chi connectivity index (χ1) is 16.8. The number of rotatable bonds is 27. The largest absolute Gasteiger partial charge is 0.481 e. The number of carbonyl (C=O) groups is 1. The van der Waals surface area contributed by atoms with Crippen molar-refractivity contribution in [1.82, 2.24) is 9.62 Å². The van der Waals surface area contributed by atoms with Crippen molar-refractivity contribution in [2.75, 3.05) is 26.4 Å². The molecule has 0 aromatic carbocycles. The summed E-state index contributed by atoms with van der Waals surface area (Å²) in [6.07, 6.45) is 22.8. The maximum Gasteiger partial charge on any atom is 0.304 e. The highest BCUT2D eigenvalue weighted by Gasteiger charge is 2.20. The van der Waals surface area contributed by atoms with E-state index in [1.807, 2.05) is 0 Å². The Morgan fingerprint density at radius 3 is 1.60 bits per heavy atom. The summed E-state index contributed by atoms with van der Waals surface area (Å²) >= 11 is 0. The molecule has 0 aromatic heterocycles. The third kappa shape index (κ3) is 26.2. The Morgan fingerprint density at radius 1 is 0.714 bits per heavy atom. The minimum absolute atomic E-state index is 0.105. The summed E-state index contributed by atoms with van der Waals surface area (Å²) in [6, 6.07) is -0.485. The van der Waals surface area contributed by atoms with Gasteiger partial charge in [0.2, 0.25) is 10.0 Å². The molecule has 0 aromatic rings. The third-order valence-corrected chi connectivity index (χ3v) is 8.21. The Kier molecular flexibility index (Phi) is 23.3. The maximum absolute atomic E-state index is 12.5. The molecule has 1 atom stereocenters. The number of nitrogens with one attached hydrogen (secondary N) is 1. The van der Waals surface area contributed by atoms with E-state index < -0.39 is 22.0 Å². The number of hydrogen-bond acceptors (Lipinski definition) is 4. The third-order valence-electron chi connectivity index (χ3n) is 6.69. The van der Waals surface area contributed by atoms with E-state index in [-0.39, 0.29) is 12.2 Å². The Labute approximate surface area is 218 Å². The highest BCUT2D eigenvalue weighted by Crippen LogP contribution is 2.14.